The molecule has 0 saturated carbocycles. The molecule has 0 unspecified atom stereocenters. The summed E-state index contributed by atoms with van der Waals surface area (Å²) in [4.78, 5) is 11.3. The highest BCUT2D eigenvalue weighted by atomic mass is 35.5. The van der Waals surface area contributed by atoms with Crippen LogP contribution < -0.4 is 11.5 Å². The summed E-state index contributed by atoms with van der Waals surface area (Å²) in [5, 5.41) is -3.85. The maximum absolute atomic E-state index is 13.0. The number of ether oxygens (including phenoxy) is 1. The zero-order valence-corrected chi connectivity index (χ0v) is 9.19. The molecule has 0 radical (unpaired) electrons. The van der Waals surface area contributed by atoms with Gasteiger partial charge in [-0.15, -0.1) is 0 Å². The van der Waals surface area contributed by atoms with Crippen LogP contribution in [0.3, 0.4) is 0 Å². The predicted octanol–water partition coefficient (Wildman–Crippen LogP) is 0.817. The van der Waals surface area contributed by atoms with Crippen molar-refractivity contribution in [1.82, 2.24) is 0 Å². The fourth-order valence-electron chi connectivity index (χ4n) is 1.00. The molecule has 0 aliphatic carbocycles. The van der Waals surface area contributed by atoms with E-state index in [-0.39, 0.29) is 26.0 Å². The molecule has 0 aromatic rings. The summed E-state index contributed by atoms with van der Waals surface area (Å²) in [5.41, 5.74) is 7.93. The molecule has 0 saturated heterocycles. The largest absolute Gasteiger partial charge is 0.464 e. The van der Waals surface area contributed by atoms with E-state index in [2.05, 4.69) is 4.74 Å². The van der Waals surface area contributed by atoms with Gasteiger partial charge in [0.2, 0.25) is 0 Å². The second-order valence-corrected chi connectivity index (χ2v) is 3.56. The Labute approximate surface area is 91.9 Å². The number of halogens is 3. The van der Waals surface area contributed by atoms with Gasteiger partial charge in [0.15, 0.2) is 5.54 Å². The lowest BCUT2D eigenvalue weighted by molar-refractivity contribution is -0.159. The van der Waals surface area contributed by atoms with Crippen LogP contribution in [0.2, 0.25) is 0 Å². The lowest BCUT2D eigenvalue weighted by Gasteiger charge is -2.30. The molecule has 4 N–H and O–H groups in total. The van der Waals surface area contributed by atoms with Crippen LogP contribution >= 0.6 is 11.6 Å². The highest BCUT2D eigenvalue weighted by Gasteiger charge is 2.56. The smallest absolute Gasteiger partial charge is 0.350 e. The molecule has 90 valence electrons. The molecule has 0 aromatic carbocycles. The van der Waals surface area contributed by atoms with Crippen molar-refractivity contribution in [2.75, 3.05) is 13.2 Å². The lowest BCUT2D eigenvalue weighted by atomic mass is 9.95. The molecule has 15 heavy (non-hydrogen) atoms. The van der Waals surface area contributed by atoms with E-state index in [1.807, 2.05) is 0 Å². The maximum atomic E-state index is 13.0. The van der Waals surface area contributed by atoms with Crippen molar-refractivity contribution in [2.24, 2.45) is 11.5 Å². The molecule has 0 aliphatic heterocycles. The van der Waals surface area contributed by atoms with Gasteiger partial charge in [-0.05, 0) is 37.9 Å². The summed E-state index contributed by atoms with van der Waals surface area (Å²) < 4.78 is 30.4. The van der Waals surface area contributed by atoms with Crippen molar-refractivity contribution in [3.63, 3.8) is 0 Å². The number of esters is 1. The van der Waals surface area contributed by atoms with Crippen LogP contribution in [0.25, 0.3) is 0 Å². The molecule has 0 spiro atoms. The Balaban J connectivity index is 4.77. The second kappa shape index (κ2) is 5.58. The quantitative estimate of drug-likeness (QED) is 0.536. The Hall–Kier alpha value is -0.460. The van der Waals surface area contributed by atoms with Crippen molar-refractivity contribution in [3.8, 4) is 0 Å². The zero-order chi connectivity index (χ0) is 12.1. The van der Waals surface area contributed by atoms with E-state index in [0.29, 0.717) is 0 Å². The number of hydrogen-bond donors (Lipinski definition) is 2. The van der Waals surface area contributed by atoms with Crippen LogP contribution in [0, 0.1) is 0 Å². The minimum atomic E-state index is -3.85. The van der Waals surface area contributed by atoms with Gasteiger partial charge in [-0.2, -0.15) is 8.78 Å². The first-order valence-corrected chi connectivity index (χ1v) is 4.90. The van der Waals surface area contributed by atoms with E-state index in [4.69, 9.17) is 23.1 Å². The third-order valence-corrected chi connectivity index (χ3v) is 2.26. The van der Waals surface area contributed by atoms with Gasteiger partial charge in [-0.25, -0.2) is 4.79 Å². The van der Waals surface area contributed by atoms with E-state index >= 15 is 0 Å². The van der Waals surface area contributed by atoms with Gasteiger partial charge >= 0.3 is 11.4 Å². The first-order valence-electron chi connectivity index (χ1n) is 4.52. The minimum absolute atomic E-state index is 0.0343. The molecule has 0 amide bonds. The number of carbonyl (C=O) groups is 1. The van der Waals surface area contributed by atoms with Gasteiger partial charge in [0.05, 0.1) is 6.61 Å². The highest BCUT2D eigenvalue weighted by Crippen LogP contribution is 2.35. The van der Waals surface area contributed by atoms with Crippen molar-refractivity contribution in [1.29, 1.82) is 0 Å². The minimum Gasteiger partial charge on any atom is -0.464 e. The van der Waals surface area contributed by atoms with E-state index in [1.165, 1.54) is 6.92 Å². The third-order valence-electron chi connectivity index (χ3n) is 1.92. The fraction of sp³-hybridized carbons (Fsp3) is 0.875. The van der Waals surface area contributed by atoms with Crippen LogP contribution in [0.5, 0.6) is 0 Å². The second-order valence-electron chi connectivity index (χ2n) is 3.08. The van der Waals surface area contributed by atoms with Crippen molar-refractivity contribution in [3.05, 3.63) is 0 Å². The normalized spacial score (nSPS) is 15.9. The van der Waals surface area contributed by atoms with Gasteiger partial charge in [-0.1, -0.05) is 0 Å². The predicted molar refractivity (Wildman–Crippen MR) is 52.6 cm³/mol. The summed E-state index contributed by atoms with van der Waals surface area (Å²) in [6, 6.07) is 0. The SMILES string of the molecule is CCOC(=O)[C@@](N)(CCCN)C(F)(F)Cl. The van der Waals surface area contributed by atoms with Crippen LogP contribution in [0.4, 0.5) is 8.78 Å². The summed E-state index contributed by atoms with van der Waals surface area (Å²) in [6.45, 7) is 1.60. The molecule has 4 nitrogen and oxygen atoms in total. The molecule has 7 heteroatoms. The third kappa shape index (κ3) is 3.55. The summed E-state index contributed by atoms with van der Waals surface area (Å²) in [5.74, 6) is -1.21. The molecule has 0 heterocycles. The molecular formula is C8H15ClF2N2O2. The average molecular weight is 245 g/mol. The van der Waals surface area contributed by atoms with Gasteiger partial charge in [0.1, 0.15) is 0 Å². The summed E-state index contributed by atoms with van der Waals surface area (Å²) in [6.07, 6.45) is -0.156. The van der Waals surface area contributed by atoms with E-state index in [0.717, 1.165) is 0 Å². The van der Waals surface area contributed by atoms with Gasteiger partial charge < -0.3 is 16.2 Å². The maximum Gasteiger partial charge on any atom is 0.350 e. The van der Waals surface area contributed by atoms with Crippen LogP contribution in [-0.4, -0.2) is 30.0 Å². The molecular weight excluding hydrogens is 230 g/mol. The number of alkyl halides is 3. The molecule has 0 aliphatic rings. The number of nitrogens with two attached hydrogens (primary N) is 2. The van der Waals surface area contributed by atoms with E-state index in [9.17, 15) is 13.6 Å². The molecule has 0 fully saturated rings. The Bertz CT molecular complexity index is 223. The van der Waals surface area contributed by atoms with Crippen molar-refractivity contribution < 1.29 is 18.3 Å². The van der Waals surface area contributed by atoms with Crippen LogP contribution in [-0.2, 0) is 9.53 Å². The average Bonchev–Trinajstić information content (AvgIpc) is 2.12. The van der Waals surface area contributed by atoms with E-state index < -0.39 is 16.9 Å². The van der Waals surface area contributed by atoms with Crippen molar-refractivity contribution >= 4 is 17.6 Å². The molecule has 1 atom stereocenters. The standard InChI is InChI=1S/C8H15ClF2N2O2/c1-2-15-6(14)7(13,4-3-5-12)8(9,10)11/h2-5,12-13H2,1H3/t7-/m0/s1. The number of carbonyl (C=O) groups excluding carboxylic acids is 1. The van der Waals surface area contributed by atoms with E-state index in [1.54, 1.807) is 0 Å². The van der Waals surface area contributed by atoms with Gasteiger partial charge in [0.25, 0.3) is 0 Å². The first kappa shape index (κ1) is 14.5. The van der Waals surface area contributed by atoms with Crippen molar-refractivity contribution in [2.45, 2.75) is 30.7 Å². The Kier molecular flexibility index (Phi) is 5.41. The number of rotatable bonds is 6. The lowest BCUT2D eigenvalue weighted by Crippen LogP contribution is -2.60. The molecule has 0 aromatic heterocycles. The Morgan fingerprint density at radius 2 is 2.07 bits per heavy atom. The zero-order valence-electron chi connectivity index (χ0n) is 8.43. The number of hydrogen-bond acceptors (Lipinski definition) is 4. The first-order chi connectivity index (χ1) is 6.79. The summed E-state index contributed by atoms with van der Waals surface area (Å²) >= 11 is 4.81. The molecule has 0 bridgehead atoms. The monoisotopic (exact) mass is 244 g/mol. The highest BCUT2D eigenvalue weighted by molar-refractivity contribution is 6.24. The van der Waals surface area contributed by atoms with Gasteiger partial charge in [0, 0.05) is 0 Å². The topological polar surface area (TPSA) is 78.3 Å². The van der Waals surface area contributed by atoms with Crippen LogP contribution in [0.1, 0.15) is 19.8 Å². The summed E-state index contributed by atoms with van der Waals surface area (Å²) in [7, 11) is 0. The Morgan fingerprint density at radius 3 is 2.40 bits per heavy atom. The van der Waals surface area contributed by atoms with Gasteiger partial charge in [-0.3, -0.25) is 0 Å². The van der Waals surface area contributed by atoms with Crippen LogP contribution in [0.15, 0.2) is 0 Å². The Morgan fingerprint density at radius 1 is 1.53 bits per heavy atom. The molecule has 0 rings (SSSR count). The fourth-order valence-corrected chi connectivity index (χ4v) is 1.17.